The summed E-state index contributed by atoms with van der Waals surface area (Å²) in [6.45, 7) is 0. The summed E-state index contributed by atoms with van der Waals surface area (Å²) in [6.07, 6.45) is 0. The minimum atomic E-state index is 0.154. The minimum absolute atomic E-state index is 0.154. The zero-order chi connectivity index (χ0) is 11.1. The number of phenols is 1. The summed E-state index contributed by atoms with van der Waals surface area (Å²) >= 11 is 3.36. The summed E-state index contributed by atoms with van der Waals surface area (Å²) in [4.78, 5) is 0. The fourth-order valence-electron chi connectivity index (χ4n) is 1.54. The molecule has 0 amide bonds. The number of hydrogen-bond donors (Lipinski definition) is 1. The van der Waals surface area contributed by atoms with Gasteiger partial charge in [0, 0.05) is 10.5 Å². The first-order valence-corrected chi connectivity index (χ1v) is 5.50. The Balaban J connectivity index is 2.10. The predicted molar refractivity (Wildman–Crippen MR) is 62.4 cm³/mol. The van der Waals surface area contributed by atoms with Crippen LogP contribution in [0.3, 0.4) is 0 Å². The molecule has 1 aliphatic heterocycles. The second-order valence-corrected chi connectivity index (χ2v) is 4.34. The van der Waals surface area contributed by atoms with Crippen LogP contribution >= 0.6 is 15.9 Å². The topological polar surface area (TPSA) is 38.7 Å². The minimum Gasteiger partial charge on any atom is -0.508 e. The molecule has 3 nitrogen and oxygen atoms in total. The van der Waals surface area contributed by atoms with Crippen LogP contribution in [0, 0.1) is 0 Å². The fourth-order valence-corrected chi connectivity index (χ4v) is 1.88. The standard InChI is InChI=1S/C12H7BrO3/c13-7-1-3-9-11(5-7)16-12-6-8(14)2-4-10(12)15-9/h1-6,14H. The highest BCUT2D eigenvalue weighted by atomic mass is 79.9. The molecule has 1 heterocycles. The van der Waals surface area contributed by atoms with Gasteiger partial charge in [0.15, 0.2) is 23.0 Å². The average Bonchev–Trinajstić information content (AvgIpc) is 2.26. The van der Waals surface area contributed by atoms with Crippen molar-refractivity contribution in [2.24, 2.45) is 0 Å². The molecule has 80 valence electrons. The van der Waals surface area contributed by atoms with Crippen molar-refractivity contribution in [3.05, 3.63) is 40.9 Å². The van der Waals surface area contributed by atoms with E-state index >= 15 is 0 Å². The molecule has 16 heavy (non-hydrogen) atoms. The van der Waals surface area contributed by atoms with Crippen molar-refractivity contribution in [1.82, 2.24) is 0 Å². The Labute approximate surface area is 100 Å². The lowest BCUT2D eigenvalue weighted by molar-refractivity contribution is 0.355. The Hall–Kier alpha value is -1.68. The Kier molecular flexibility index (Phi) is 2.04. The molecule has 2 aromatic carbocycles. The SMILES string of the molecule is Oc1ccc2c(c1)Oc1cc(Br)ccc1O2. The first kappa shape index (κ1) is 9.54. The van der Waals surface area contributed by atoms with Crippen LogP contribution in [-0.2, 0) is 0 Å². The van der Waals surface area contributed by atoms with Gasteiger partial charge in [-0.1, -0.05) is 15.9 Å². The summed E-state index contributed by atoms with van der Waals surface area (Å²) in [6, 6.07) is 10.3. The van der Waals surface area contributed by atoms with Crippen LogP contribution in [0.2, 0.25) is 0 Å². The smallest absolute Gasteiger partial charge is 0.173 e. The molecule has 1 aliphatic rings. The van der Waals surface area contributed by atoms with Gasteiger partial charge in [0.1, 0.15) is 5.75 Å². The molecule has 2 aromatic rings. The maximum atomic E-state index is 9.35. The highest BCUT2D eigenvalue weighted by molar-refractivity contribution is 9.10. The fraction of sp³-hybridized carbons (Fsp3) is 0. The maximum Gasteiger partial charge on any atom is 0.173 e. The molecule has 0 radical (unpaired) electrons. The van der Waals surface area contributed by atoms with Gasteiger partial charge >= 0.3 is 0 Å². The van der Waals surface area contributed by atoms with E-state index in [1.807, 2.05) is 18.2 Å². The summed E-state index contributed by atoms with van der Waals surface area (Å²) < 4.78 is 12.2. The van der Waals surface area contributed by atoms with Gasteiger partial charge in [-0.15, -0.1) is 0 Å². The quantitative estimate of drug-likeness (QED) is 0.674. The van der Waals surface area contributed by atoms with Gasteiger partial charge in [0.25, 0.3) is 0 Å². The molecule has 0 unspecified atom stereocenters. The lowest BCUT2D eigenvalue weighted by atomic mass is 10.2. The van der Waals surface area contributed by atoms with Gasteiger partial charge < -0.3 is 14.6 Å². The van der Waals surface area contributed by atoms with Crippen molar-refractivity contribution in [2.75, 3.05) is 0 Å². The molecule has 0 bridgehead atoms. The Bertz CT molecular complexity index is 517. The number of ether oxygens (including phenoxy) is 2. The van der Waals surface area contributed by atoms with Crippen LogP contribution in [0.1, 0.15) is 0 Å². The van der Waals surface area contributed by atoms with Crippen molar-refractivity contribution in [1.29, 1.82) is 0 Å². The number of rotatable bonds is 0. The third-order valence-corrected chi connectivity index (χ3v) is 2.77. The zero-order valence-corrected chi connectivity index (χ0v) is 9.69. The van der Waals surface area contributed by atoms with Crippen molar-refractivity contribution < 1.29 is 14.6 Å². The molecule has 4 heteroatoms. The van der Waals surface area contributed by atoms with Crippen LogP contribution in [-0.4, -0.2) is 5.11 Å². The van der Waals surface area contributed by atoms with Gasteiger partial charge in [-0.05, 0) is 30.3 Å². The first-order valence-electron chi connectivity index (χ1n) is 4.71. The third-order valence-electron chi connectivity index (χ3n) is 2.27. The molecule has 0 aromatic heterocycles. The molecule has 0 saturated heterocycles. The Morgan fingerprint density at radius 2 is 1.44 bits per heavy atom. The molecule has 3 rings (SSSR count). The molecular formula is C12H7BrO3. The number of aromatic hydroxyl groups is 1. The third kappa shape index (κ3) is 1.51. The molecular weight excluding hydrogens is 272 g/mol. The van der Waals surface area contributed by atoms with E-state index < -0.39 is 0 Å². The van der Waals surface area contributed by atoms with Gasteiger partial charge in [-0.25, -0.2) is 0 Å². The first-order chi connectivity index (χ1) is 7.72. The number of benzene rings is 2. The van der Waals surface area contributed by atoms with Gasteiger partial charge in [0.05, 0.1) is 0 Å². The lowest BCUT2D eigenvalue weighted by Crippen LogP contribution is -1.98. The van der Waals surface area contributed by atoms with E-state index in [9.17, 15) is 5.11 Å². The van der Waals surface area contributed by atoms with Crippen LogP contribution in [0.25, 0.3) is 0 Å². The largest absolute Gasteiger partial charge is 0.508 e. The van der Waals surface area contributed by atoms with Gasteiger partial charge in [-0.3, -0.25) is 0 Å². The molecule has 1 N–H and O–H groups in total. The van der Waals surface area contributed by atoms with E-state index in [1.165, 1.54) is 6.07 Å². The summed E-state index contributed by atoms with van der Waals surface area (Å²) in [5.74, 6) is 2.58. The Morgan fingerprint density at radius 3 is 2.25 bits per heavy atom. The van der Waals surface area contributed by atoms with E-state index in [4.69, 9.17) is 9.47 Å². The number of phenolic OH excluding ortho intramolecular Hbond substituents is 1. The molecule has 0 aliphatic carbocycles. The highest BCUT2D eigenvalue weighted by Crippen LogP contribution is 2.46. The number of halogens is 1. The van der Waals surface area contributed by atoms with Gasteiger partial charge in [-0.2, -0.15) is 0 Å². The molecule has 0 saturated carbocycles. The van der Waals surface area contributed by atoms with Crippen LogP contribution in [0.15, 0.2) is 40.9 Å². The average molecular weight is 279 g/mol. The highest BCUT2D eigenvalue weighted by Gasteiger charge is 2.18. The zero-order valence-electron chi connectivity index (χ0n) is 8.11. The monoisotopic (exact) mass is 278 g/mol. The molecule has 0 fully saturated rings. The van der Waals surface area contributed by atoms with Crippen LogP contribution < -0.4 is 9.47 Å². The van der Waals surface area contributed by atoms with E-state index in [0.29, 0.717) is 23.0 Å². The summed E-state index contributed by atoms with van der Waals surface area (Å²) in [5.41, 5.74) is 0. The molecule has 0 atom stereocenters. The second-order valence-electron chi connectivity index (χ2n) is 3.43. The van der Waals surface area contributed by atoms with E-state index in [0.717, 1.165) is 4.47 Å². The predicted octanol–water partition coefficient (Wildman–Crippen LogP) is 4.05. The number of fused-ring (bicyclic) bond motifs is 2. The van der Waals surface area contributed by atoms with Crippen molar-refractivity contribution in [2.45, 2.75) is 0 Å². The summed E-state index contributed by atoms with van der Waals surface area (Å²) in [7, 11) is 0. The van der Waals surface area contributed by atoms with Crippen LogP contribution in [0.4, 0.5) is 0 Å². The van der Waals surface area contributed by atoms with E-state index in [-0.39, 0.29) is 5.75 Å². The lowest BCUT2D eigenvalue weighted by Gasteiger charge is -2.20. The maximum absolute atomic E-state index is 9.35. The van der Waals surface area contributed by atoms with Gasteiger partial charge in [0.2, 0.25) is 0 Å². The Morgan fingerprint density at radius 1 is 0.812 bits per heavy atom. The van der Waals surface area contributed by atoms with E-state index in [1.54, 1.807) is 12.1 Å². The van der Waals surface area contributed by atoms with E-state index in [2.05, 4.69) is 15.9 Å². The number of hydrogen-bond acceptors (Lipinski definition) is 3. The summed E-state index contributed by atoms with van der Waals surface area (Å²) in [5, 5.41) is 9.35. The van der Waals surface area contributed by atoms with Crippen LogP contribution in [0.5, 0.6) is 28.7 Å². The molecule has 0 spiro atoms. The van der Waals surface area contributed by atoms with Crippen molar-refractivity contribution in [3.63, 3.8) is 0 Å². The van der Waals surface area contributed by atoms with Crippen molar-refractivity contribution in [3.8, 4) is 28.7 Å². The second kappa shape index (κ2) is 3.42. The normalized spacial score (nSPS) is 12.1. The van der Waals surface area contributed by atoms with Crippen molar-refractivity contribution >= 4 is 15.9 Å².